The summed E-state index contributed by atoms with van der Waals surface area (Å²) in [5.74, 6) is 0. The first-order chi connectivity index (χ1) is 40.6. The molecule has 0 radical (unpaired) electrons. The quantitative estimate of drug-likeness (QED) is 0.0458. The molecule has 2 aromatic heterocycles. The SMILES string of the molecule is CCCCCCCCCCCCc1ccc(-c2ccc(-c3c4c(=O)n(-c5ccccc5C(C)(C)C)c(=O)c4c(-c4ccc(-c5ccc(CCCCCCCCCCCC)cc5)cc4)c4c(=O)n(-c5ccccc5C(C)(C)C)c(=O)c34)cc2)cc1. The van der Waals surface area contributed by atoms with Gasteiger partial charge in [0.2, 0.25) is 0 Å². The highest BCUT2D eigenvalue weighted by Crippen LogP contribution is 2.42. The molecule has 9 aromatic rings. The molecule has 2 heterocycles. The van der Waals surface area contributed by atoms with Gasteiger partial charge in [-0.15, -0.1) is 0 Å². The zero-order valence-electron chi connectivity index (χ0n) is 51.9. The van der Waals surface area contributed by atoms with Crippen LogP contribution in [0.4, 0.5) is 0 Å². The van der Waals surface area contributed by atoms with Gasteiger partial charge >= 0.3 is 0 Å². The van der Waals surface area contributed by atoms with Crippen LogP contribution in [0.2, 0.25) is 0 Å². The number of fused-ring (bicyclic) bond motifs is 2. The van der Waals surface area contributed by atoms with Gasteiger partial charge < -0.3 is 0 Å². The van der Waals surface area contributed by atoms with Gasteiger partial charge in [0.25, 0.3) is 22.2 Å². The van der Waals surface area contributed by atoms with E-state index in [1.165, 1.54) is 149 Å². The highest BCUT2D eigenvalue weighted by molar-refractivity contribution is 6.21. The molecule has 6 nitrogen and oxygen atoms in total. The van der Waals surface area contributed by atoms with E-state index >= 15 is 19.2 Å². The van der Waals surface area contributed by atoms with Crippen LogP contribution < -0.4 is 22.2 Å². The van der Waals surface area contributed by atoms with E-state index in [1.807, 2.05) is 97.1 Å². The van der Waals surface area contributed by atoms with Gasteiger partial charge in [0, 0.05) is 11.1 Å². The molecule has 0 saturated carbocycles. The normalized spacial score (nSPS) is 12.1. The zero-order valence-corrected chi connectivity index (χ0v) is 51.9. The summed E-state index contributed by atoms with van der Waals surface area (Å²) in [6, 6.07) is 48.5. The average Bonchev–Trinajstić information content (AvgIpc) is 1.81. The molecular weight excluding hydrogens is 1030 g/mol. The highest BCUT2D eigenvalue weighted by Gasteiger charge is 2.33. The van der Waals surface area contributed by atoms with E-state index in [4.69, 9.17) is 0 Å². The number of nitrogens with zero attached hydrogens (tertiary/aromatic N) is 2. The van der Waals surface area contributed by atoms with Gasteiger partial charge in [0.05, 0.1) is 32.9 Å². The predicted octanol–water partition coefficient (Wildman–Crippen LogP) is 20.1. The van der Waals surface area contributed by atoms with Crippen molar-refractivity contribution in [3.63, 3.8) is 0 Å². The molecule has 0 bridgehead atoms. The molecule has 84 heavy (non-hydrogen) atoms. The minimum absolute atomic E-state index is 0.121. The van der Waals surface area contributed by atoms with Crippen LogP contribution in [0.3, 0.4) is 0 Å². The Morgan fingerprint density at radius 2 is 0.524 bits per heavy atom. The van der Waals surface area contributed by atoms with E-state index in [9.17, 15) is 0 Å². The van der Waals surface area contributed by atoms with E-state index in [0.29, 0.717) is 33.6 Å². The van der Waals surface area contributed by atoms with Crippen molar-refractivity contribution in [1.29, 1.82) is 0 Å². The predicted molar refractivity (Wildman–Crippen MR) is 358 cm³/mol. The number of hydrogen-bond acceptors (Lipinski definition) is 4. The standard InChI is InChI=1S/C78H92N2O4/c1-9-11-13-15-17-19-21-23-25-27-33-55-39-43-57(44-40-55)59-47-51-61(52-48-59)67-69-71(75(83)79(73(69)81)65-37-31-29-35-63(65)77(3,4)5)68(72-70(67)74(82)80(76(72)84)66-38-32-30-36-64(66)78(6,7)8)62-53-49-60(50-54-62)58-45-41-56(42-46-58)34-28-26-24-22-20-18-16-14-12-10-2/h29-32,35-54H,9-28,33-34H2,1-8H3. The van der Waals surface area contributed by atoms with Crippen molar-refractivity contribution < 1.29 is 0 Å². The molecule has 9 rings (SSSR count). The molecule has 0 fully saturated rings. The van der Waals surface area contributed by atoms with E-state index in [2.05, 4.69) is 104 Å². The van der Waals surface area contributed by atoms with Crippen molar-refractivity contribution in [3.8, 4) is 55.9 Å². The molecule has 0 atom stereocenters. The van der Waals surface area contributed by atoms with Gasteiger partial charge in [-0.2, -0.15) is 0 Å². The third kappa shape index (κ3) is 14.0. The molecule has 0 spiro atoms. The van der Waals surface area contributed by atoms with E-state index in [-0.39, 0.29) is 21.5 Å². The van der Waals surface area contributed by atoms with Crippen molar-refractivity contribution in [1.82, 2.24) is 9.13 Å². The number of rotatable bonds is 28. The number of para-hydroxylation sites is 2. The van der Waals surface area contributed by atoms with Gasteiger partial charge in [-0.05, 0) is 104 Å². The fourth-order valence-corrected chi connectivity index (χ4v) is 12.9. The number of unbranched alkanes of at least 4 members (excludes halogenated alkanes) is 18. The minimum Gasteiger partial charge on any atom is -0.268 e. The lowest BCUT2D eigenvalue weighted by molar-refractivity contribution is 0.556. The minimum atomic E-state index is -0.531. The Balaban J connectivity index is 1.12. The third-order valence-corrected chi connectivity index (χ3v) is 17.6. The van der Waals surface area contributed by atoms with Crippen LogP contribution in [-0.2, 0) is 23.7 Å². The summed E-state index contributed by atoms with van der Waals surface area (Å²) < 4.78 is 2.57. The number of aryl methyl sites for hydroxylation is 2. The Kier molecular flexibility index (Phi) is 20.6. The molecule has 438 valence electrons. The largest absolute Gasteiger partial charge is 0.268 e. The number of aromatic nitrogens is 2. The van der Waals surface area contributed by atoms with Crippen molar-refractivity contribution in [3.05, 3.63) is 209 Å². The van der Waals surface area contributed by atoms with Crippen molar-refractivity contribution in [2.75, 3.05) is 0 Å². The summed E-state index contributed by atoms with van der Waals surface area (Å²) in [6.07, 6.45) is 28.3. The van der Waals surface area contributed by atoms with Crippen LogP contribution in [0, 0.1) is 0 Å². The monoisotopic (exact) mass is 1120 g/mol. The lowest BCUT2D eigenvalue weighted by Gasteiger charge is -2.22. The lowest BCUT2D eigenvalue weighted by Crippen LogP contribution is -2.28. The van der Waals surface area contributed by atoms with Crippen molar-refractivity contribution >= 4 is 21.5 Å². The summed E-state index contributed by atoms with van der Waals surface area (Å²) in [7, 11) is 0. The van der Waals surface area contributed by atoms with Gasteiger partial charge in [0.15, 0.2) is 0 Å². The second kappa shape index (κ2) is 28.1. The molecule has 0 unspecified atom stereocenters. The molecule has 0 aliphatic carbocycles. The molecule has 0 N–H and O–H groups in total. The molecule has 6 heteroatoms. The van der Waals surface area contributed by atoms with Crippen LogP contribution in [0.1, 0.15) is 206 Å². The topological polar surface area (TPSA) is 78.1 Å². The Bertz CT molecular complexity index is 3500. The second-order valence-corrected chi connectivity index (χ2v) is 26.1. The van der Waals surface area contributed by atoms with Crippen LogP contribution >= 0.6 is 0 Å². The van der Waals surface area contributed by atoms with Gasteiger partial charge in [-0.3, -0.25) is 19.2 Å². The Hall–Kier alpha value is -7.18. The average molecular weight is 1120 g/mol. The number of benzene rings is 7. The number of hydrogen-bond donors (Lipinski definition) is 0. The molecule has 0 amide bonds. The molecule has 0 aliphatic rings. The molecule has 0 saturated heterocycles. The first-order valence-electron chi connectivity index (χ1n) is 32.2. The van der Waals surface area contributed by atoms with Gasteiger partial charge in [-0.1, -0.05) is 304 Å². The van der Waals surface area contributed by atoms with Gasteiger partial charge in [0.1, 0.15) is 0 Å². The maximum absolute atomic E-state index is 15.8. The fraction of sp³-hybridized carbons (Fsp3) is 0.410. The van der Waals surface area contributed by atoms with Crippen LogP contribution in [0.25, 0.3) is 77.4 Å². The molecular formula is C78H92N2O4. The highest BCUT2D eigenvalue weighted by atomic mass is 16.2. The molecule has 7 aromatic carbocycles. The van der Waals surface area contributed by atoms with Crippen molar-refractivity contribution in [2.45, 2.75) is 207 Å². The summed E-state index contributed by atoms with van der Waals surface area (Å²) in [4.78, 5) is 63.3. The Morgan fingerprint density at radius 1 is 0.286 bits per heavy atom. The first-order valence-corrected chi connectivity index (χ1v) is 32.2. The fourth-order valence-electron chi connectivity index (χ4n) is 12.9. The Morgan fingerprint density at radius 3 is 0.798 bits per heavy atom. The zero-order chi connectivity index (χ0) is 59.4. The maximum Gasteiger partial charge on any atom is 0.266 e. The van der Waals surface area contributed by atoms with E-state index in [1.54, 1.807) is 0 Å². The van der Waals surface area contributed by atoms with Crippen molar-refractivity contribution in [2.24, 2.45) is 0 Å². The van der Waals surface area contributed by atoms with E-state index in [0.717, 1.165) is 46.2 Å². The lowest BCUT2D eigenvalue weighted by atomic mass is 9.86. The second-order valence-electron chi connectivity index (χ2n) is 26.1. The summed E-state index contributed by atoms with van der Waals surface area (Å²) in [5, 5.41) is 0.484. The third-order valence-electron chi connectivity index (χ3n) is 17.6. The summed E-state index contributed by atoms with van der Waals surface area (Å²) in [6.45, 7) is 16.9. The smallest absolute Gasteiger partial charge is 0.266 e. The van der Waals surface area contributed by atoms with Gasteiger partial charge in [-0.25, -0.2) is 9.13 Å². The first kappa shape index (κ1) is 61.4. The Labute approximate surface area is 500 Å². The summed E-state index contributed by atoms with van der Waals surface area (Å²) >= 11 is 0. The maximum atomic E-state index is 15.8. The summed E-state index contributed by atoms with van der Waals surface area (Å²) in [5.41, 5.74) is 8.03. The van der Waals surface area contributed by atoms with E-state index < -0.39 is 33.1 Å². The molecule has 0 aliphatic heterocycles. The van der Waals surface area contributed by atoms with Crippen LogP contribution in [0.15, 0.2) is 165 Å². The van der Waals surface area contributed by atoms with Crippen LogP contribution in [-0.4, -0.2) is 9.13 Å². The van der Waals surface area contributed by atoms with Crippen LogP contribution in [0.5, 0.6) is 0 Å².